The lowest BCUT2D eigenvalue weighted by Crippen LogP contribution is -2.44. The van der Waals surface area contributed by atoms with E-state index in [-0.39, 0.29) is 5.95 Å². The highest BCUT2D eigenvalue weighted by molar-refractivity contribution is 5.63. The van der Waals surface area contributed by atoms with Crippen LogP contribution in [0, 0.1) is 0 Å². The summed E-state index contributed by atoms with van der Waals surface area (Å²) >= 11 is 0. The number of methoxy groups -OCH3 is 1. The molecule has 1 aromatic carbocycles. The number of nitrogens with one attached hydrogen (secondary N) is 1. The van der Waals surface area contributed by atoms with Gasteiger partial charge in [0.15, 0.2) is 5.82 Å². The first kappa shape index (κ1) is 18.0. The zero-order valence-corrected chi connectivity index (χ0v) is 15.9. The molecule has 0 spiro atoms. The van der Waals surface area contributed by atoms with E-state index in [0.29, 0.717) is 17.5 Å². The van der Waals surface area contributed by atoms with Gasteiger partial charge in [-0.3, -0.25) is 0 Å². The first-order valence-electron chi connectivity index (χ1n) is 9.02. The number of rotatable bonds is 5. The average molecular weight is 381 g/mol. The molecule has 146 valence electrons. The third-order valence-electron chi connectivity index (χ3n) is 4.67. The SMILES string of the molecule is COc1ccccc1Nc1nc(N)n(-c2cc(N3CCN(C)CC3)ncn2)n1. The number of benzene rings is 1. The fourth-order valence-electron chi connectivity index (χ4n) is 3.08. The molecule has 3 aromatic rings. The molecule has 0 aliphatic carbocycles. The highest BCUT2D eigenvalue weighted by Crippen LogP contribution is 2.26. The maximum absolute atomic E-state index is 6.08. The molecule has 2 aromatic heterocycles. The molecule has 1 fully saturated rings. The molecule has 0 atom stereocenters. The zero-order valence-electron chi connectivity index (χ0n) is 15.9. The summed E-state index contributed by atoms with van der Waals surface area (Å²) in [5.41, 5.74) is 6.83. The first-order valence-corrected chi connectivity index (χ1v) is 9.02. The largest absolute Gasteiger partial charge is 0.495 e. The number of nitrogen functional groups attached to an aromatic ring is 1. The van der Waals surface area contributed by atoms with Crippen LogP contribution in [0.1, 0.15) is 0 Å². The second kappa shape index (κ2) is 7.69. The summed E-state index contributed by atoms with van der Waals surface area (Å²) in [6.07, 6.45) is 1.53. The van der Waals surface area contributed by atoms with Crippen molar-refractivity contribution in [2.75, 3.05) is 56.3 Å². The maximum Gasteiger partial charge on any atom is 0.249 e. The van der Waals surface area contributed by atoms with Gasteiger partial charge in [0.05, 0.1) is 12.8 Å². The van der Waals surface area contributed by atoms with Crippen LogP contribution in [0.5, 0.6) is 5.75 Å². The Kier molecular flexibility index (Phi) is 4.94. The van der Waals surface area contributed by atoms with Crippen LogP contribution in [0.3, 0.4) is 0 Å². The standard InChI is InChI=1S/C18H23N9O/c1-25-7-9-26(10-8-25)15-11-16(21-12-20-15)27-17(19)23-18(24-27)22-13-5-3-4-6-14(13)28-2/h3-6,11-12H,7-10H2,1-2H3,(H3,19,22,23,24). The van der Waals surface area contributed by atoms with Crippen LogP contribution in [0.15, 0.2) is 36.7 Å². The van der Waals surface area contributed by atoms with Crippen molar-refractivity contribution >= 4 is 23.4 Å². The predicted molar refractivity (Wildman–Crippen MR) is 107 cm³/mol. The summed E-state index contributed by atoms with van der Waals surface area (Å²) in [6, 6.07) is 9.41. The second-order valence-electron chi connectivity index (χ2n) is 6.56. The lowest BCUT2D eigenvalue weighted by Gasteiger charge is -2.33. The highest BCUT2D eigenvalue weighted by Gasteiger charge is 2.17. The van der Waals surface area contributed by atoms with Gasteiger partial charge in [-0.15, -0.1) is 5.10 Å². The molecule has 3 N–H and O–H groups in total. The van der Waals surface area contributed by atoms with Crippen molar-refractivity contribution in [2.45, 2.75) is 0 Å². The van der Waals surface area contributed by atoms with E-state index >= 15 is 0 Å². The Hall–Kier alpha value is -3.40. The Morgan fingerprint density at radius 3 is 2.61 bits per heavy atom. The van der Waals surface area contributed by atoms with Crippen molar-refractivity contribution in [1.82, 2.24) is 29.6 Å². The van der Waals surface area contributed by atoms with Crippen LogP contribution >= 0.6 is 0 Å². The molecule has 0 bridgehead atoms. The molecule has 1 aliphatic rings. The van der Waals surface area contributed by atoms with Crippen LogP contribution in [-0.4, -0.2) is 70.0 Å². The van der Waals surface area contributed by atoms with Gasteiger partial charge in [0, 0.05) is 32.2 Å². The monoisotopic (exact) mass is 381 g/mol. The number of nitrogens with zero attached hydrogens (tertiary/aromatic N) is 7. The Labute approximate surface area is 163 Å². The molecule has 10 nitrogen and oxygen atoms in total. The predicted octanol–water partition coefficient (Wildman–Crippen LogP) is 1.14. The minimum Gasteiger partial charge on any atom is -0.495 e. The zero-order chi connectivity index (χ0) is 19.5. The normalized spacial score (nSPS) is 14.9. The first-order chi connectivity index (χ1) is 13.6. The third kappa shape index (κ3) is 3.67. The van der Waals surface area contributed by atoms with E-state index in [1.165, 1.54) is 11.0 Å². The number of anilines is 4. The molecule has 0 amide bonds. The summed E-state index contributed by atoms with van der Waals surface area (Å²) in [7, 11) is 3.73. The van der Waals surface area contributed by atoms with E-state index in [1.807, 2.05) is 30.3 Å². The Morgan fingerprint density at radius 1 is 1.07 bits per heavy atom. The summed E-state index contributed by atoms with van der Waals surface area (Å²) < 4.78 is 6.84. The number of likely N-dealkylation sites (N-methyl/N-ethyl adjacent to an activating group) is 1. The number of aromatic nitrogens is 5. The van der Waals surface area contributed by atoms with Crippen LogP contribution in [0.2, 0.25) is 0 Å². The van der Waals surface area contributed by atoms with Crippen LogP contribution in [0.4, 0.5) is 23.4 Å². The van der Waals surface area contributed by atoms with Crippen LogP contribution < -0.4 is 20.7 Å². The highest BCUT2D eigenvalue weighted by atomic mass is 16.5. The Balaban J connectivity index is 1.58. The number of piperazine rings is 1. The molecule has 28 heavy (non-hydrogen) atoms. The number of hydrogen-bond acceptors (Lipinski definition) is 9. The van der Waals surface area contributed by atoms with E-state index in [1.54, 1.807) is 7.11 Å². The molecular formula is C18H23N9O. The fourth-order valence-corrected chi connectivity index (χ4v) is 3.08. The van der Waals surface area contributed by atoms with Crippen molar-refractivity contribution in [2.24, 2.45) is 0 Å². The molecule has 0 radical (unpaired) electrons. The third-order valence-corrected chi connectivity index (χ3v) is 4.67. The quantitative estimate of drug-likeness (QED) is 0.672. The minimum atomic E-state index is 0.237. The minimum absolute atomic E-state index is 0.237. The van der Waals surface area contributed by atoms with E-state index < -0.39 is 0 Å². The average Bonchev–Trinajstić information content (AvgIpc) is 3.09. The topological polar surface area (TPSA) is 110 Å². The molecular weight excluding hydrogens is 358 g/mol. The molecule has 3 heterocycles. The van der Waals surface area contributed by atoms with Crippen molar-refractivity contribution in [3.05, 3.63) is 36.7 Å². The Morgan fingerprint density at radius 2 is 1.82 bits per heavy atom. The van der Waals surface area contributed by atoms with Gasteiger partial charge in [0.1, 0.15) is 17.9 Å². The van der Waals surface area contributed by atoms with Crippen molar-refractivity contribution in [1.29, 1.82) is 0 Å². The second-order valence-corrected chi connectivity index (χ2v) is 6.56. The van der Waals surface area contributed by atoms with E-state index in [4.69, 9.17) is 10.5 Å². The molecule has 10 heteroatoms. The lowest BCUT2D eigenvalue weighted by atomic mass is 10.3. The Bertz CT molecular complexity index is 950. The maximum atomic E-state index is 6.08. The van der Waals surface area contributed by atoms with E-state index in [9.17, 15) is 0 Å². The van der Waals surface area contributed by atoms with Gasteiger partial charge in [-0.05, 0) is 19.2 Å². The van der Waals surface area contributed by atoms with Crippen molar-refractivity contribution in [3.8, 4) is 11.6 Å². The molecule has 1 aliphatic heterocycles. The summed E-state index contributed by atoms with van der Waals surface area (Å²) in [5, 5.41) is 7.58. The van der Waals surface area contributed by atoms with Crippen molar-refractivity contribution < 1.29 is 4.74 Å². The molecule has 4 rings (SSSR count). The van der Waals surface area contributed by atoms with Crippen molar-refractivity contribution in [3.63, 3.8) is 0 Å². The van der Waals surface area contributed by atoms with Crippen LogP contribution in [0.25, 0.3) is 5.82 Å². The molecule has 0 unspecified atom stereocenters. The molecule has 0 saturated carbocycles. The number of hydrogen-bond donors (Lipinski definition) is 2. The van der Waals surface area contributed by atoms with Gasteiger partial charge < -0.3 is 25.6 Å². The smallest absolute Gasteiger partial charge is 0.249 e. The van der Waals surface area contributed by atoms with Crippen LogP contribution in [-0.2, 0) is 0 Å². The summed E-state index contributed by atoms with van der Waals surface area (Å²) in [5.74, 6) is 2.72. The van der Waals surface area contributed by atoms with Gasteiger partial charge in [0.25, 0.3) is 0 Å². The van der Waals surface area contributed by atoms with Gasteiger partial charge in [-0.25, -0.2) is 9.97 Å². The van der Waals surface area contributed by atoms with E-state index in [0.717, 1.165) is 37.7 Å². The summed E-state index contributed by atoms with van der Waals surface area (Å²) in [6.45, 7) is 3.83. The van der Waals surface area contributed by atoms with Gasteiger partial charge in [-0.2, -0.15) is 9.67 Å². The fraction of sp³-hybridized carbons (Fsp3) is 0.333. The number of para-hydroxylation sites is 2. The number of nitrogens with two attached hydrogens (primary N) is 1. The van der Waals surface area contributed by atoms with Gasteiger partial charge >= 0.3 is 0 Å². The summed E-state index contributed by atoms with van der Waals surface area (Å²) in [4.78, 5) is 17.5. The van der Waals surface area contributed by atoms with E-state index in [2.05, 4.69) is 42.2 Å². The van der Waals surface area contributed by atoms with Gasteiger partial charge in [-0.1, -0.05) is 12.1 Å². The lowest BCUT2D eigenvalue weighted by molar-refractivity contribution is 0.312. The number of ether oxygens (including phenoxy) is 1. The molecule has 1 saturated heterocycles. The van der Waals surface area contributed by atoms with Gasteiger partial charge in [0.2, 0.25) is 11.9 Å².